The molecule has 88 valence electrons. The van der Waals surface area contributed by atoms with Gasteiger partial charge in [0.25, 0.3) is 0 Å². The summed E-state index contributed by atoms with van der Waals surface area (Å²) >= 11 is 6.08. The Morgan fingerprint density at radius 2 is 1.94 bits per heavy atom. The Balaban J connectivity index is 2.12. The molecule has 0 saturated heterocycles. The van der Waals surface area contributed by atoms with E-state index in [1.807, 2.05) is 18.2 Å². The van der Waals surface area contributed by atoms with Crippen molar-refractivity contribution >= 4 is 23.0 Å². The second-order valence-corrected chi connectivity index (χ2v) is 4.43. The highest BCUT2D eigenvalue weighted by atomic mass is 35.5. The molecule has 0 fully saturated rings. The molecule has 0 spiro atoms. The molecule has 2 aromatic rings. The summed E-state index contributed by atoms with van der Waals surface area (Å²) in [6, 6.07) is 13.7. The Morgan fingerprint density at radius 3 is 2.71 bits per heavy atom. The molecule has 0 aromatic heterocycles. The van der Waals surface area contributed by atoms with Crippen molar-refractivity contribution in [1.82, 2.24) is 0 Å². The average molecular weight is 247 g/mol. The highest BCUT2D eigenvalue weighted by molar-refractivity contribution is 6.33. The van der Waals surface area contributed by atoms with Crippen LogP contribution in [0.4, 0.5) is 11.4 Å². The second kappa shape index (κ2) is 5.11. The van der Waals surface area contributed by atoms with E-state index in [4.69, 9.17) is 17.3 Å². The fourth-order valence-electron chi connectivity index (χ4n) is 1.68. The first-order chi connectivity index (χ1) is 8.16. The van der Waals surface area contributed by atoms with Crippen LogP contribution in [0.25, 0.3) is 0 Å². The summed E-state index contributed by atoms with van der Waals surface area (Å²) in [6.45, 7) is 2.84. The van der Waals surface area contributed by atoms with E-state index in [0.29, 0.717) is 10.7 Å². The first-order valence-corrected chi connectivity index (χ1v) is 5.88. The summed E-state index contributed by atoms with van der Waals surface area (Å²) in [5.41, 5.74) is 9.83. The molecular formula is C14H15ClN2. The van der Waals surface area contributed by atoms with Crippen LogP contribution >= 0.6 is 11.6 Å². The Morgan fingerprint density at radius 1 is 1.18 bits per heavy atom. The molecule has 0 bridgehead atoms. The van der Waals surface area contributed by atoms with Crippen LogP contribution in [0.5, 0.6) is 0 Å². The first kappa shape index (κ1) is 11.8. The summed E-state index contributed by atoms with van der Waals surface area (Å²) in [4.78, 5) is 0. The van der Waals surface area contributed by atoms with Crippen molar-refractivity contribution in [3.63, 3.8) is 0 Å². The molecule has 3 heteroatoms. The third kappa shape index (κ3) is 2.92. The van der Waals surface area contributed by atoms with Crippen molar-refractivity contribution in [3.8, 4) is 0 Å². The van der Waals surface area contributed by atoms with Crippen LogP contribution in [-0.4, -0.2) is 0 Å². The van der Waals surface area contributed by atoms with Gasteiger partial charge in [-0.2, -0.15) is 0 Å². The van der Waals surface area contributed by atoms with E-state index >= 15 is 0 Å². The quantitative estimate of drug-likeness (QED) is 0.808. The Hall–Kier alpha value is -1.67. The Labute approximate surface area is 106 Å². The lowest BCUT2D eigenvalue weighted by Gasteiger charge is -2.11. The van der Waals surface area contributed by atoms with Gasteiger partial charge in [-0.15, -0.1) is 0 Å². The molecular weight excluding hydrogens is 232 g/mol. The summed E-state index contributed by atoms with van der Waals surface area (Å²) in [5, 5.41) is 3.99. The van der Waals surface area contributed by atoms with Crippen molar-refractivity contribution in [2.75, 3.05) is 11.1 Å². The van der Waals surface area contributed by atoms with Crippen LogP contribution in [0.2, 0.25) is 5.02 Å². The lowest BCUT2D eigenvalue weighted by atomic mass is 10.1. The molecule has 2 rings (SSSR count). The Kier molecular flexibility index (Phi) is 3.55. The Bertz CT molecular complexity index is 523. The first-order valence-electron chi connectivity index (χ1n) is 5.50. The van der Waals surface area contributed by atoms with Crippen molar-refractivity contribution in [2.24, 2.45) is 0 Å². The minimum atomic E-state index is 0.688. The minimum Gasteiger partial charge on any atom is -0.399 e. The number of hydrogen-bond donors (Lipinski definition) is 2. The van der Waals surface area contributed by atoms with Crippen LogP contribution in [0, 0.1) is 6.92 Å². The molecule has 0 radical (unpaired) electrons. The van der Waals surface area contributed by atoms with E-state index in [2.05, 4.69) is 24.4 Å². The lowest BCUT2D eigenvalue weighted by Crippen LogP contribution is -2.02. The summed E-state index contributed by atoms with van der Waals surface area (Å²) in [6.07, 6.45) is 0. The fraction of sp³-hybridized carbons (Fsp3) is 0.143. The number of hydrogen-bond acceptors (Lipinski definition) is 2. The summed E-state index contributed by atoms with van der Waals surface area (Å²) < 4.78 is 0. The minimum absolute atomic E-state index is 0.688. The van der Waals surface area contributed by atoms with Gasteiger partial charge in [0.15, 0.2) is 0 Å². The maximum Gasteiger partial charge on any atom is 0.0639 e. The van der Waals surface area contributed by atoms with Crippen molar-refractivity contribution in [2.45, 2.75) is 13.5 Å². The molecule has 0 aliphatic carbocycles. The summed E-state index contributed by atoms with van der Waals surface area (Å²) in [5.74, 6) is 0. The lowest BCUT2D eigenvalue weighted by molar-refractivity contribution is 1.12. The van der Waals surface area contributed by atoms with Crippen LogP contribution < -0.4 is 11.1 Å². The predicted octanol–water partition coefficient (Wildman–Crippen LogP) is 3.84. The van der Waals surface area contributed by atoms with Crippen LogP contribution in [0.1, 0.15) is 11.1 Å². The molecule has 17 heavy (non-hydrogen) atoms. The number of benzene rings is 2. The van der Waals surface area contributed by atoms with Crippen LogP contribution in [0.15, 0.2) is 42.5 Å². The zero-order valence-electron chi connectivity index (χ0n) is 9.70. The number of halogens is 1. The predicted molar refractivity (Wildman–Crippen MR) is 74.4 cm³/mol. The number of rotatable bonds is 3. The smallest absolute Gasteiger partial charge is 0.0639 e. The molecule has 2 nitrogen and oxygen atoms in total. The van der Waals surface area contributed by atoms with E-state index in [0.717, 1.165) is 12.2 Å². The number of anilines is 2. The molecule has 0 aliphatic heterocycles. The van der Waals surface area contributed by atoms with Crippen molar-refractivity contribution < 1.29 is 0 Å². The number of nitrogens with one attached hydrogen (secondary N) is 1. The number of aryl methyl sites for hydroxylation is 1. The normalized spacial score (nSPS) is 10.2. The molecule has 0 saturated carbocycles. The van der Waals surface area contributed by atoms with Gasteiger partial charge in [-0.25, -0.2) is 0 Å². The largest absolute Gasteiger partial charge is 0.399 e. The molecule has 0 aliphatic rings. The molecule has 0 amide bonds. The van der Waals surface area contributed by atoms with Gasteiger partial charge in [-0.05, 0) is 36.2 Å². The van der Waals surface area contributed by atoms with Gasteiger partial charge in [0.1, 0.15) is 0 Å². The van der Waals surface area contributed by atoms with E-state index < -0.39 is 0 Å². The molecule has 2 aromatic carbocycles. The van der Waals surface area contributed by atoms with Crippen molar-refractivity contribution in [3.05, 3.63) is 58.6 Å². The molecule has 0 heterocycles. The monoisotopic (exact) mass is 246 g/mol. The van der Waals surface area contributed by atoms with Gasteiger partial charge >= 0.3 is 0 Å². The van der Waals surface area contributed by atoms with Gasteiger partial charge < -0.3 is 11.1 Å². The second-order valence-electron chi connectivity index (χ2n) is 4.02. The van der Waals surface area contributed by atoms with Gasteiger partial charge in [0.05, 0.1) is 10.7 Å². The van der Waals surface area contributed by atoms with Crippen LogP contribution in [0.3, 0.4) is 0 Å². The maximum atomic E-state index is 6.08. The third-order valence-corrected chi connectivity index (χ3v) is 3.05. The number of nitrogen functional groups attached to an aromatic ring is 1. The summed E-state index contributed by atoms with van der Waals surface area (Å²) in [7, 11) is 0. The van der Waals surface area contributed by atoms with E-state index in [9.17, 15) is 0 Å². The zero-order valence-corrected chi connectivity index (χ0v) is 10.5. The highest BCUT2D eigenvalue weighted by Crippen LogP contribution is 2.24. The van der Waals surface area contributed by atoms with Crippen molar-refractivity contribution in [1.29, 1.82) is 0 Å². The van der Waals surface area contributed by atoms with E-state index in [-0.39, 0.29) is 0 Å². The standard InChI is InChI=1S/C14H15ClN2/c1-10-4-2-3-5-11(10)9-17-14-8-12(16)6-7-13(14)15/h2-8,17H,9,16H2,1H3. The molecule has 0 atom stereocenters. The number of nitrogens with two attached hydrogens (primary N) is 1. The van der Waals surface area contributed by atoms with Crippen LogP contribution in [-0.2, 0) is 6.54 Å². The fourth-order valence-corrected chi connectivity index (χ4v) is 1.86. The molecule has 3 N–H and O–H groups in total. The van der Waals surface area contributed by atoms with Gasteiger partial charge in [0.2, 0.25) is 0 Å². The topological polar surface area (TPSA) is 38.0 Å². The van der Waals surface area contributed by atoms with E-state index in [1.54, 1.807) is 12.1 Å². The van der Waals surface area contributed by atoms with Gasteiger partial charge in [0, 0.05) is 12.2 Å². The maximum absolute atomic E-state index is 6.08. The SMILES string of the molecule is Cc1ccccc1CNc1cc(N)ccc1Cl. The van der Waals surface area contributed by atoms with Gasteiger partial charge in [-0.3, -0.25) is 0 Å². The van der Waals surface area contributed by atoms with E-state index in [1.165, 1.54) is 11.1 Å². The highest BCUT2D eigenvalue weighted by Gasteiger charge is 2.01. The van der Waals surface area contributed by atoms with Gasteiger partial charge in [-0.1, -0.05) is 35.9 Å². The third-order valence-electron chi connectivity index (χ3n) is 2.72. The molecule has 0 unspecified atom stereocenters. The zero-order chi connectivity index (χ0) is 12.3. The average Bonchev–Trinajstić information content (AvgIpc) is 2.32.